The van der Waals surface area contributed by atoms with Gasteiger partial charge in [-0.1, -0.05) is 123 Å². The summed E-state index contributed by atoms with van der Waals surface area (Å²) in [6.45, 7) is 4.59. The van der Waals surface area contributed by atoms with Crippen molar-refractivity contribution in [3.05, 3.63) is 157 Å². The summed E-state index contributed by atoms with van der Waals surface area (Å²) in [7, 11) is -1.51. The molecule has 208 valence electrons. The number of rotatable bonds is 6. The van der Waals surface area contributed by atoms with Crippen LogP contribution in [0.15, 0.2) is 146 Å². The predicted molar refractivity (Wildman–Crippen MR) is 179 cm³/mol. The zero-order chi connectivity index (χ0) is 29.6. The fourth-order valence-corrected chi connectivity index (χ4v) is 6.36. The molecule has 0 saturated carbocycles. The minimum atomic E-state index is -1.51. The molecule has 7 rings (SSSR count). The first kappa shape index (κ1) is 27.0. The van der Waals surface area contributed by atoms with Gasteiger partial charge in [0.2, 0.25) is 0 Å². The monoisotopic (exact) mass is 557 g/mol. The summed E-state index contributed by atoms with van der Waals surface area (Å²) in [5.74, 6) is 0. The highest BCUT2D eigenvalue weighted by Gasteiger charge is 2.35. The molecular weight excluding hydrogens is 525 g/mol. The quantitative estimate of drug-likeness (QED) is 0.202. The Labute approximate surface area is 253 Å². The van der Waals surface area contributed by atoms with Crippen LogP contribution in [0.1, 0.15) is 25.0 Å². The van der Waals surface area contributed by atoms with E-state index in [-0.39, 0.29) is 5.41 Å². The van der Waals surface area contributed by atoms with E-state index in [0.29, 0.717) is 5.46 Å². The Balaban J connectivity index is 1.27. The molecule has 1 aliphatic carbocycles. The van der Waals surface area contributed by atoms with Crippen molar-refractivity contribution in [2.75, 3.05) is 4.90 Å². The average Bonchev–Trinajstić information content (AvgIpc) is 3.28. The Morgan fingerprint density at radius 2 is 0.930 bits per heavy atom. The molecule has 0 heterocycles. The topological polar surface area (TPSA) is 43.7 Å². The highest BCUT2D eigenvalue weighted by molar-refractivity contribution is 6.58. The number of hydrogen-bond donors (Lipinski definition) is 2. The molecule has 0 fully saturated rings. The van der Waals surface area contributed by atoms with E-state index >= 15 is 0 Å². The molecule has 43 heavy (non-hydrogen) atoms. The predicted octanol–water partition coefficient (Wildman–Crippen LogP) is 8.48. The highest BCUT2D eigenvalue weighted by atomic mass is 16.4. The van der Waals surface area contributed by atoms with Gasteiger partial charge in [0, 0.05) is 22.5 Å². The maximum atomic E-state index is 9.70. The minimum absolute atomic E-state index is 0.117. The molecule has 0 amide bonds. The van der Waals surface area contributed by atoms with E-state index in [2.05, 4.69) is 134 Å². The van der Waals surface area contributed by atoms with E-state index in [4.69, 9.17) is 0 Å². The summed E-state index contributed by atoms with van der Waals surface area (Å²) in [4.78, 5) is 2.23. The molecule has 0 unspecified atom stereocenters. The standard InChI is InChI=1S/C39H32BNO2/c1-39(2)37-11-7-6-10-35(37)36-25-24-34(26-38(36)39)41(33-22-18-31(19-23-33)40(42)43)32-20-16-30(17-21-32)29-14-12-28(13-15-29)27-8-4-3-5-9-27/h3-26,42-43H,1-2H3. The van der Waals surface area contributed by atoms with Crippen molar-refractivity contribution in [2.24, 2.45) is 0 Å². The van der Waals surface area contributed by atoms with Crippen molar-refractivity contribution in [2.45, 2.75) is 19.3 Å². The lowest BCUT2D eigenvalue weighted by atomic mass is 9.80. The molecule has 6 aromatic rings. The van der Waals surface area contributed by atoms with Crippen molar-refractivity contribution in [3.63, 3.8) is 0 Å². The molecule has 4 heteroatoms. The third kappa shape index (κ3) is 4.85. The van der Waals surface area contributed by atoms with Crippen molar-refractivity contribution < 1.29 is 10.0 Å². The molecule has 6 aromatic carbocycles. The Kier molecular flexibility index (Phi) is 6.74. The summed E-state index contributed by atoms with van der Waals surface area (Å²) >= 11 is 0. The van der Waals surface area contributed by atoms with Crippen molar-refractivity contribution in [1.29, 1.82) is 0 Å². The number of fused-ring (bicyclic) bond motifs is 3. The lowest BCUT2D eigenvalue weighted by Crippen LogP contribution is -2.29. The number of benzene rings is 6. The van der Waals surface area contributed by atoms with Crippen LogP contribution in [0.3, 0.4) is 0 Å². The second-order valence-electron chi connectivity index (χ2n) is 11.7. The third-order valence-electron chi connectivity index (χ3n) is 8.73. The maximum absolute atomic E-state index is 9.70. The van der Waals surface area contributed by atoms with Crippen LogP contribution < -0.4 is 10.4 Å². The van der Waals surface area contributed by atoms with E-state index in [1.165, 1.54) is 33.4 Å². The van der Waals surface area contributed by atoms with Crippen LogP contribution >= 0.6 is 0 Å². The first-order valence-electron chi connectivity index (χ1n) is 14.7. The van der Waals surface area contributed by atoms with E-state index in [9.17, 15) is 10.0 Å². The SMILES string of the molecule is CC1(C)c2ccccc2-c2ccc(N(c3ccc(B(O)O)cc3)c3ccc(-c4ccc(-c5ccccc5)cc4)cc3)cc21. The van der Waals surface area contributed by atoms with Crippen LogP contribution in [0.2, 0.25) is 0 Å². The molecule has 0 aromatic heterocycles. The zero-order valence-corrected chi connectivity index (χ0v) is 24.3. The highest BCUT2D eigenvalue weighted by Crippen LogP contribution is 2.50. The Hall–Kier alpha value is -4.90. The van der Waals surface area contributed by atoms with Gasteiger partial charge in [0.1, 0.15) is 0 Å². The minimum Gasteiger partial charge on any atom is -0.423 e. The first-order valence-corrected chi connectivity index (χ1v) is 14.7. The van der Waals surface area contributed by atoms with Gasteiger partial charge in [-0.05, 0) is 86.4 Å². The summed E-state index contributed by atoms with van der Waals surface area (Å²) in [6, 6.07) is 50.6. The Morgan fingerprint density at radius 3 is 1.53 bits per heavy atom. The molecule has 0 spiro atoms. The van der Waals surface area contributed by atoms with Gasteiger partial charge in [0.15, 0.2) is 0 Å². The fraction of sp³-hybridized carbons (Fsp3) is 0.0769. The second-order valence-corrected chi connectivity index (χ2v) is 11.7. The van der Waals surface area contributed by atoms with Gasteiger partial charge < -0.3 is 14.9 Å². The lowest BCUT2D eigenvalue weighted by molar-refractivity contribution is 0.426. The van der Waals surface area contributed by atoms with Gasteiger partial charge in [0.05, 0.1) is 0 Å². The molecule has 0 bridgehead atoms. The summed E-state index contributed by atoms with van der Waals surface area (Å²) < 4.78 is 0. The largest absolute Gasteiger partial charge is 0.488 e. The van der Waals surface area contributed by atoms with Crippen molar-refractivity contribution in [3.8, 4) is 33.4 Å². The van der Waals surface area contributed by atoms with Crippen LogP contribution in [0, 0.1) is 0 Å². The van der Waals surface area contributed by atoms with Gasteiger partial charge in [-0.15, -0.1) is 0 Å². The number of hydrogen-bond acceptors (Lipinski definition) is 3. The zero-order valence-electron chi connectivity index (χ0n) is 24.3. The van der Waals surface area contributed by atoms with E-state index in [1.807, 2.05) is 18.2 Å². The van der Waals surface area contributed by atoms with E-state index in [1.54, 1.807) is 12.1 Å². The van der Waals surface area contributed by atoms with Crippen LogP contribution in [-0.4, -0.2) is 17.2 Å². The number of nitrogens with zero attached hydrogens (tertiary/aromatic N) is 1. The lowest BCUT2D eigenvalue weighted by Gasteiger charge is -2.28. The van der Waals surface area contributed by atoms with Crippen LogP contribution in [0.25, 0.3) is 33.4 Å². The van der Waals surface area contributed by atoms with Crippen molar-refractivity contribution in [1.82, 2.24) is 0 Å². The summed E-state index contributed by atoms with van der Waals surface area (Å²) in [5.41, 5.74) is 13.3. The van der Waals surface area contributed by atoms with Crippen LogP contribution in [0.4, 0.5) is 17.1 Å². The molecule has 0 radical (unpaired) electrons. The smallest absolute Gasteiger partial charge is 0.423 e. The van der Waals surface area contributed by atoms with Gasteiger partial charge in [0.25, 0.3) is 0 Å². The first-order chi connectivity index (χ1) is 20.9. The van der Waals surface area contributed by atoms with E-state index in [0.717, 1.165) is 28.2 Å². The van der Waals surface area contributed by atoms with Gasteiger partial charge in [-0.3, -0.25) is 0 Å². The van der Waals surface area contributed by atoms with Crippen LogP contribution in [0.5, 0.6) is 0 Å². The average molecular weight is 558 g/mol. The summed E-state index contributed by atoms with van der Waals surface area (Å²) in [5, 5.41) is 19.4. The van der Waals surface area contributed by atoms with E-state index < -0.39 is 7.12 Å². The fourth-order valence-electron chi connectivity index (χ4n) is 6.36. The molecule has 0 saturated heterocycles. The number of anilines is 3. The third-order valence-corrected chi connectivity index (χ3v) is 8.73. The normalized spacial score (nSPS) is 12.8. The second kappa shape index (κ2) is 10.7. The van der Waals surface area contributed by atoms with Crippen LogP contribution in [-0.2, 0) is 5.41 Å². The maximum Gasteiger partial charge on any atom is 0.488 e. The van der Waals surface area contributed by atoms with Gasteiger partial charge in [-0.2, -0.15) is 0 Å². The molecule has 0 aliphatic heterocycles. The molecule has 0 atom stereocenters. The molecule has 2 N–H and O–H groups in total. The Morgan fingerprint density at radius 1 is 0.465 bits per heavy atom. The molecule has 3 nitrogen and oxygen atoms in total. The summed E-state index contributed by atoms with van der Waals surface area (Å²) in [6.07, 6.45) is 0. The molecule has 1 aliphatic rings. The Bertz CT molecular complexity index is 1900. The van der Waals surface area contributed by atoms with Gasteiger partial charge >= 0.3 is 7.12 Å². The van der Waals surface area contributed by atoms with Gasteiger partial charge in [-0.25, -0.2) is 0 Å². The van der Waals surface area contributed by atoms with Crippen molar-refractivity contribution >= 4 is 29.6 Å². The molecular formula is C39H32BNO2.